The zero-order valence-corrected chi connectivity index (χ0v) is 14.8. The molecule has 0 atom stereocenters. The molecule has 2 amide bonds. The molecule has 2 aromatic carbocycles. The first-order chi connectivity index (χ1) is 11.9. The molecule has 25 heavy (non-hydrogen) atoms. The zero-order valence-electron chi connectivity index (χ0n) is 14.0. The van der Waals surface area contributed by atoms with Crippen LogP contribution in [-0.4, -0.2) is 18.4 Å². The second-order valence-corrected chi connectivity index (χ2v) is 5.92. The topological polar surface area (TPSA) is 67.4 Å². The lowest BCUT2D eigenvalue weighted by Crippen LogP contribution is -2.43. The summed E-state index contributed by atoms with van der Waals surface area (Å²) in [5.41, 5.74) is 7.48. The summed E-state index contributed by atoms with van der Waals surface area (Å²) in [6.45, 7) is 3.70. The van der Waals surface area contributed by atoms with E-state index < -0.39 is 11.8 Å². The Morgan fingerprint density at radius 3 is 2.48 bits per heavy atom. The number of aryl methyl sites for hydroxylation is 2. The molecule has 0 fully saturated rings. The van der Waals surface area contributed by atoms with E-state index in [9.17, 15) is 9.59 Å². The van der Waals surface area contributed by atoms with Crippen LogP contribution in [-0.2, 0) is 9.59 Å². The van der Waals surface area contributed by atoms with Gasteiger partial charge in [0.15, 0.2) is 6.61 Å². The number of hydrogen-bond donors (Lipinski definition) is 2. The maximum atomic E-state index is 11.7. The molecular weight excluding hydrogens is 340 g/mol. The van der Waals surface area contributed by atoms with Crippen LogP contribution in [0.2, 0.25) is 5.02 Å². The minimum Gasteiger partial charge on any atom is -0.483 e. The molecule has 6 heteroatoms. The predicted molar refractivity (Wildman–Crippen MR) is 98.2 cm³/mol. The minimum absolute atomic E-state index is 0.189. The van der Waals surface area contributed by atoms with Gasteiger partial charge in [0.1, 0.15) is 5.75 Å². The van der Waals surface area contributed by atoms with Crippen molar-refractivity contribution < 1.29 is 14.3 Å². The Morgan fingerprint density at radius 2 is 1.80 bits per heavy atom. The molecule has 0 spiro atoms. The van der Waals surface area contributed by atoms with Gasteiger partial charge >= 0.3 is 0 Å². The molecule has 2 N–H and O–H groups in total. The van der Waals surface area contributed by atoms with Gasteiger partial charge in [0.25, 0.3) is 11.8 Å². The third-order valence-corrected chi connectivity index (χ3v) is 3.56. The normalized spacial score (nSPS) is 10.5. The number of carbonyl (C=O) groups is 2. The number of amides is 2. The highest BCUT2D eigenvalue weighted by Crippen LogP contribution is 2.18. The molecule has 5 nitrogen and oxygen atoms in total. The van der Waals surface area contributed by atoms with Crippen LogP contribution in [0.4, 0.5) is 0 Å². The first kappa shape index (κ1) is 18.5. The van der Waals surface area contributed by atoms with Crippen LogP contribution in [0.15, 0.2) is 48.5 Å². The van der Waals surface area contributed by atoms with Gasteiger partial charge in [-0.05, 0) is 49.2 Å². The highest BCUT2D eigenvalue weighted by Gasteiger charge is 2.05. The maximum absolute atomic E-state index is 11.7. The van der Waals surface area contributed by atoms with Crippen LogP contribution in [0.5, 0.6) is 5.75 Å². The number of ether oxygens (including phenoxy) is 1. The lowest BCUT2D eigenvalue weighted by molar-refractivity contribution is -0.128. The number of hydrazine groups is 1. The van der Waals surface area contributed by atoms with Gasteiger partial charge in [-0.2, -0.15) is 0 Å². The van der Waals surface area contributed by atoms with Gasteiger partial charge in [-0.25, -0.2) is 0 Å². The Balaban J connectivity index is 1.75. The summed E-state index contributed by atoms with van der Waals surface area (Å²) in [6.07, 6.45) is 2.93. The summed E-state index contributed by atoms with van der Waals surface area (Å²) < 4.78 is 5.43. The van der Waals surface area contributed by atoms with E-state index in [2.05, 4.69) is 10.9 Å². The van der Waals surface area contributed by atoms with E-state index in [1.807, 2.05) is 32.0 Å². The lowest BCUT2D eigenvalue weighted by atomic mass is 10.1. The smallest absolute Gasteiger partial charge is 0.276 e. The second-order valence-electron chi connectivity index (χ2n) is 5.48. The molecule has 0 saturated heterocycles. The maximum Gasteiger partial charge on any atom is 0.276 e. The van der Waals surface area contributed by atoms with Gasteiger partial charge in [-0.3, -0.25) is 20.4 Å². The average Bonchev–Trinajstić information content (AvgIpc) is 2.58. The predicted octanol–water partition coefficient (Wildman–Crippen LogP) is 3.20. The number of halogens is 1. The van der Waals surface area contributed by atoms with Crippen LogP contribution in [0.1, 0.15) is 16.7 Å². The molecule has 0 aliphatic heterocycles. The number of benzene rings is 2. The van der Waals surface area contributed by atoms with Gasteiger partial charge in [-0.15, -0.1) is 0 Å². The van der Waals surface area contributed by atoms with Crippen LogP contribution in [0.25, 0.3) is 6.08 Å². The van der Waals surface area contributed by atoms with Gasteiger partial charge in [0, 0.05) is 11.1 Å². The Labute approximate surface area is 151 Å². The molecule has 0 bridgehead atoms. The molecule has 130 valence electrons. The fourth-order valence-electron chi connectivity index (χ4n) is 2.06. The Bertz CT molecular complexity index is 786. The molecule has 0 radical (unpaired) electrons. The highest BCUT2D eigenvalue weighted by atomic mass is 35.5. The van der Waals surface area contributed by atoms with E-state index in [1.54, 1.807) is 30.3 Å². The van der Waals surface area contributed by atoms with E-state index >= 15 is 0 Å². The van der Waals surface area contributed by atoms with E-state index in [0.29, 0.717) is 10.8 Å². The van der Waals surface area contributed by atoms with Crippen molar-refractivity contribution in [3.8, 4) is 5.75 Å². The van der Waals surface area contributed by atoms with E-state index in [4.69, 9.17) is 16.3 Å². The van der Waals surface area contributed by atoms with Crippen molar-refractivity contribution in [2.24, 2.45) is 0 Å². The first-order valence-electron chi connectivity index (χ1n) is 7.66. The number of hydrogen-bond acceptors (Lipinski definition) is 3. The molecule has 0 unspecified atom stereocenters. The van der Waals surface area contributed by atoms with E-state index in [-0.39, 0.29) is 6.61 Å². The molecule has 0 saturated carbocycles. The van der Waals surface area contributed by atoms with Crippen molar-refractivity contribution in [3.05, 3.63) is 70.3 Å². The number of carbonyl (C=O) groups excluding carboxylic acids is 2. The van der Waals surface area contributed by atoms with Crippen molar-refractivity contribution in [2.45, 2.75) is 13.8 Å². The van der Waals surface area contributed by atoms with Gasteiger partial charge in [0.2, 0.25) is 0 Å². The average molecular weight is 359 g/mol. The summed E-state index contributed by atoms with van der Waals surface area (Å²) in [6, 6.07) is 12.7. The van der Waals surface area contributed by atoms with E-state index in [0.717, 1.165) is 16.7 Å². The van der Waals surface area contributed by atoms with E-state index in [1.165, 1.54) is 6.08 Å². The first-order valence-corrected chi connectivity index (χ1v) is 8.04. The lowest BCUT2D eigenvalue weighted by Gasteiger charge is -2.10. The van der Waals surface area contributed by atoms with Crippen LogP contribution in [0.3, 0.4) is 0 Å². The van der Waals surface area contributed by atoms with Gasteiger partial charge in [-0.1, -0.05) is 41.4 Å². The van der Waals surface area contributed by atoms with Crippen molar-refractivity contribution >= 4 is 29.5 Å². The number of nitrogens with one attached hydrogen (secondary N) is 2. The van der Waals surface area contributed by atoms with Crippen LogP contribution >= 0.6 is 11.6 Å². The third kappa shape index (κ3) is 6.31. The standard InChI is InChI=1S/C19H19ClN2O3/c1-13-3-9-17(14(2)11-13)25-12-19(24)22-21-18(23)10-6-15-4-7-16(20)8-5-15/h3-11H,12H2,1-2H3,(H,21,23)(H,22,24)/b10-6+. The Morgan fingerprint density at radius 1 is 1.08 bits per heavy atom. The van der Waals surface area contributed by atoms with Crippen molar-refractivity contribution in [1.29, 1.82) is 0 Å². The fourth-order valence-corrected chi connectivity index (χ4v) is 2.19. The summed E-state index contributed by atoms with van der Waals surface area (Å²) >= 11 is 5.79. The number of rotatable bonds is 5. The van der Waals surface area contributed by atoms with Crippen molar-refractivity contribution in [2.75, 3.05) is 6.61 Å². The van der Waals surface area contributed by atoms with Crippen molar-refractivity contribution in [1.82, 2.24) is 10.9 Å². The Hall–Kier alpha value is -2.79. The molecule has 2 rings (SSSR count). The van der Waals surface area contributed by atoms with Gasteiger partial charge < -0.3 is 4.74 Å². The minimum atomic E-state index is -0.451. The SMILES string of the molecule is Cc1ccc(OCC(=O)NNC(=O)/C=C/c2ccc(Cl)cc2)c(C)c1. The van der Waals surface area contributed by atoms with Crippen molar-refractivity contribution in [3.63, 3.8) is 0 Å². The molecule has 0 heterocycles. The fraction of sp³-hybridized carbons (Fsp3) is 0.158. The molecule has 0 aromatic heterocycles. The summed E-state index contributed by atoms with van der Waals surface area (Å²) in [5, 5.41) is 0.623. The van der Waals surface area contributed by atoms with Gasteiger partial charge in [0.05, 0.1) is 0 Å². The summed E-state index contributed by atoms with van der Waals surface area (Å²) in [5.74, 6) is -0.266. The van der Waals surface area contributed by atoms with Crippen LogP contribution in [0, 0.1) is 13.8 Å². The van der Waals surface area contributed by atoms with Crippen LogP contribution < -0.4 is 15.6 Å². The molecule has 0 aliphatic rings. The monoisotopic (exact) mass is 358 g/mol. The third-order valence-electron chi connectivity index (χ3n) is 3.31. The summed E-state index contributed by atoms with van der Waals surface area (Å²) in [4.78, 5) is 23.4. The highest BCUT2D eigenvalue weighted by molar-refractivity contribution is 6.30. The molecule has 0 aliphatic carbocycles. The second kappa shape index (κ2) is 8.89. The zero-order chi connectivity index (χ0) is 18.2. The molecule has 2 aromatic rings. The Kier molecular flexibility index (Phi) is 6.60. The quantitative estimate of drug-likeness (QED) is 0.637. The molecular formula is C19H19ClN2O3. The summed E-state index contributed by atoms with van der Waals surface area (Å²) in [7, 11) is 0. The largest absolute Gasteiger partial charge is 0.483 e.